The lowest BCUT2D eigenvalue weighted by molar-refractivity contribution is 0.420. The first kappa shape index (κ1) is 12.2. The molecular weight excluding hydrogens is 240 g/mol. The van der Waals surface area contributed by atoms with Crippen molar-refractivity contribution in [2.45, 2.75) is 22.5 Å². The second-order valence-corrected chi connectivity index (χ2v) is 6.17. The SMILES string of the molecule is NCC1(Sc2cccc(Cl)c2)CCNCC1. The Bertz CT molecular complexity index is 351. The molecule has 88 valence electrons. The number of rotatable bonds is 3. The summed E-state index contributed by atoms with van der Waals surface area (Å²) in [5, 5.41) is 4.17. The van der Waals surface area contributed by atoms with E-state index in [-0.39, 0.29) is 4.75 Å². The quantitative estimate of drug-likeness (QED) is 0.873. The summed E-state index contributed by atoms with van der Waals surface area (Å²) in [6, 6.07) is 8.03. The van der Waals surface area contributed by atoms with E-state index in [0.29, 0.717) is 0 Å². The number of nitrogens with one attached hydrogen (secondary N) is 1. The minimum Gasteiger partial charge on any atom is -0.329 e. The zero-order chi connectivity index (χ0) is 11.4. The molecule has 1 aliphatic heterocycles. The lowest BCUT2D eigenvalue weighted by Gasteiger charge is -2.36. The molecule has 0 spiro atoms. The largest absolute Gasteiger partial charge is 0.329 e. The van der Waals surface area contributed by atoms with Gasteiger partial charge in [-0.1, -0.05) is 17.7 Å². The minimum atomic E-state index is 0.190. The fourth-order valence-electron chi connectivity index (χ4n) is 2.01. The molecule has 1 aliphatic rings. The van der Waals surface area contributed by atoms with Gasteiger partial charge in [0.1, 0.15) is 0 Å². The summed E-state index contributed by atoms with van der Waals surface area (Å²) in [4.78, 5) is 1.22. The van der Waals surface area contributed by atoms with Crippen LogP contribution in [0.25, 0.3) is 0 Å². The van der Waals surface area contributed by atoms with E-state index in [1.165, 1.54) is 4.90 Å². The number of nitrogens with two attached hydrogens (primary N) is 1. The van der Waals surface area contributed by atoms with Crippen LogP contribution in [0, 0.1) is 0 Å². The summed E-state index contributed by atoms with van der Waals surface area (Å²) in [6.07, 6.45) is 2.25. The molecule has 4 heteroatoms. The monoisotopic (exact) mass is 256 g/mol. The van der Waals surface area contributed by atoms with Crippen molar-refractivity contribution in [1.82, 2.24) is 5.32 Å². The van der Waals surface area contributed by atoms with Crippen LogP contribution in [0.5, 0.6) is 0 Å². The number of piperidine rings is 1. The van der Waals surface area contributed by atoms with Gasteiger partial charge >= 0.3 is 0 Å². The molecule has 2 rings (SSSR count). The Hall–Kier alpha value is -0.220. The number of benzene rings is 1. The van der Waals surface area contributed by atoms with Gasteiger partial charge in [-0.05, 0) is 44.1 Å². The molecule has 0 atom stereocenters. The lowest BCUT2D eigenvalue weighted by atomic mass is 9.97. The molecule has 1 aromatic rings. The minimum absolute atomic E-state index is 0.190. The van der Waals surface area contributed by atoms with Crippen molar-refractivity contribution in [2.24, 2.45) is 5.73 Å². The van der Waals surface area contributed by atoms with Crippen molar-refractivity contribution in [2.75, 3.05) is 19.6 Å². The first-order valence-electron chi connectivity index (χ1n) is 5.59. The zero-order valence-electron chi connectivity index (χ0n) is 9.21. The molecule has 1 aromatic carbocycles. The van der Waals surface area contributed by atoms with E-state index >= 15 is 0 Å². The first-order chi connectivity index (χ1) is 7.74. The highest BCUT2D eigenvalue weighted by Crippen LogP contribution is 2.39. The molecule has 0 aliphatic carbocycles. The van der Waals surface area contributed by atoms with Crippen molar-refractivity contribution >= 4 is 23.4 Å². The zero-order valence-corrected chi connectivity index (χ0v) is 10.8. The Morgan fingerprint density at radius 3 is 2.75 bits per heavy atom. The van der Waals surface area contributed by atoms with Crippen LogP contribution in [0.3, 0.4) is 0 Å². The molecule has 1 heterocycles. The molecule has 0 bridgehead atoms. The van der Waals surface area contributed by atoms with Crippen LogP contribution in [-0.2, 0) is 0 Å². The highest BCUT2D eigenvalue weighted by Gasteiger charge is 2.31. The molecular formula is C12H17ClN2S. The number of hydrogen-bond acceptors (Lipinski definition) is 3. The van der Waals surface area contributed by atoms with Crippen molar-refractivity contribution in [3.63, 3.8) is 0 Å². The third-order valence-corrected chi connectivity index (χ3v) is 4.75. The van der Waals surface area contributed by atoms with Crippen LogP contribution in [0.2, 0.25) is 5.02 Å². The first-order valence-corrected chi connectivity index (χ1v) is 6.79. The fraction of sp³-hybridized carbons (Fsp3) is 0.500. The lowest BCUT2D eigenvalue weighted by Crippen LogP contribution is -2.44. The van der Waals surface area contributed by atoms with Gasteiger partial charge in [0.05, 0.1) is 0 Å². The molecule has 0 saturated carbocycles. The molecule has 1 saturated heterocycles. The average molecular weight is 257 g/mol. The summed E-state index contributed by atoms with van der Waals surface area (Å²) < 4.78 is 0.190. The van der Waals surface area contributed by atoms with E-state index in [2.05, 4.69) is 11.4 Å². The van der Waals surface area contributed by atoms with Crippen LogP contribution in [-0.4, -0.2) is 24.4 Å². The second kappa shape index (κ2) is 5.41. The molecule has 1 fully saturated rings. The van der Waals surface area contributed by atoms with E-state index in [1.54, 1.807) is 0 Å². The fourth-order valence-corrected chi connectivity index (χ4v) is 3.59. The van der Waals surface area contributed by atoms with Crippen LogP contribution in [0.1, 0.15) is 12.8 Å². The standard InChI is InChI=1S/C12H17ClN2S/c13-10-2-1-3-11(8-10)16-12(9-14)4-6-15-7-5-12/h1-3,8,15H,4-7,9,14H2. The Labute approximate surface area is 106 Å². The third-order valence-electron chi connectivity index (χ3n) is 3.02. The van der Waals surface area contributed by atoms with Crippen LogP contribution >= 0.6 is 23.4 Å². The maximum atomic E-state index is 5.99. The highest BCUT2D eigenvalue weighted by atomic mass is 35.5. The van der Waals surface area contributed by atoms with Gasteiger partial charge in [0.25, 0.3) is 0 Å². The number of halogens is 1. The van der Waals surface area contributed by atoms with Gasteiger partial charge in [-0.3, -0.25) is 0 Å². The van der Waals surface area contributed by atoms with E-state index in [0.717, 1.165) is 37.5 Å². The smallest absolute Gasteiger partial charge is 0.0417 e. The summed E-state index contributed by atoms with van der Waals surface area (Å²) >= 11 is 7.87. The van der Waals surface area contributed by atoms with Crippen molar-refractivity contribution in [1.29, 1.82) is 0 Å². The Balaban J connectivity index is 2.11. The van der Waals surface area contributed by atoms with E-state index in [4.69, 9.17) is 17.3 Å². The van der Waals surface area contributed by atoms with Crippen molar-refractivity contribution in [3.05, 3.63) is 29.3 Å². The Kier molecular flexibility index (Phi) is 4.14. The van der Waals surface area contributed by atoms with Gasteiger partial charge in [0, 0.05) is 21.2 Å². The molecule has 0 radical (unpaired) electrons. The topological polar surface area (TPSA) is 38.0 Å². The van der Waals surface area contributed by atoms with Gasteiger partial charge < -0.3 is 11.1 Å². The normalized spacial score (nSPS) is 19.6. The second-order valence-electron chi connectivity index (χ2n) is 4.20. The van der Waals surface area contributed by atoms with Crippen LogP contribution in [0.15, 0.2) is 29.2 Å². The third kappa shape index (κ3) is 2.92. The van der Waals surface area contributed by atoms with Crippen molar-refractivity contribution < 1.29 is 0 Å². The Morgan fingerprint density at radius 2 is 2.12 bits per heavy atom. The molecule has 0 aromatic heterocycles. The Morgan fingerprint density at radius 1 is 1.38 bits per heavy atom. The van der Waals surface area contributed by atoms with Gasteiger partial charge in [0.15, 0.2) is 0 Å². The molecule has 2 nitrogen and oxygen atoms in total. The summed E-state index contributed by atoms with van der Waals surface area (Å²) in [5.41, 5.74) is 5.94. The van der Waals surface area contributed by atoms with E-state index < -0.39 is 0 Å². The molecule has 0 unspecified atom stereocenters. The van der Waals surface area contributed by atoms with Gasteiger partial charge in [-0.15, -0.1) is 11.8 Å². The average Bonchev–Trinajstić information content (AvgIpc) is 2.30. The highest BCUT2D eigenvalue weighted by molar-refractivity contribution is 8.00. The van der Waals surface area contributed by atoms with E-state index in [9.17, 15) is 0 Å². The maximum Gasteiger partial charge on any atom is 0.0417 e. The summed E-state index contributed by atoms with van der Waals surface area (Å²) in [7, 11) is 0. The predicted octanol–water partition coefficient (Wildman–Crippen LogP) is 2.51. The van der Waals surface area contributed by atoms with Crippen LogP contribution in [0.4, 0.5) is 0 Å². The van der Waals surface area contributed by atoms with Gasteiger partial charge in [-0.25, -0.2) is 0 Å². The van der Waals surface area contributed by atoms with E-state index in [1.807, 2.05) is 30.0 Å². The van der Waals surface area contributed by atoms with Crippen LogP contribution < -0.4 is 11.1 Å². The number of thioether (sulfide) groups is 1. The van der Waals surface area contributed by atoms with Gasteiger partial charge in [0.2, 0.25) is 0 Å². The number of hydrogen-bond donors (Lipinski definition) is 2. The van der Waals surface area contributed by atoms with Crippen molar-refractivity contribution in [3.8, 4) is 0 Å². The molecule has 3 N–H and O–H groups in total. The maximum absolute atomic E-state index is 5.99. The van der Waals surface area contributed by atoms with Gasteiger partial charge in [-0.2, -0.15) is 0 Å². The summed E-state index contributed by atoms with van der Waals surface area (Å²) in [5.74, 6) is 0. The predicted molar refractivity (Wildman–Crippen MR) is 71.2 cm³/mol. The molecule has 0 amide bonds. The summed E-state index contributed by atoms with van der Waals surface area (Å²) in [6.45, 7) is 2.85. The molecule has 16 heavy (non-hydrogen) atoms.